The van der Waals surface area contributed by atoms with Crippen LogP contribution in [0.2, 0.25) is 0 Å². The average Bonchev–Trinajstić information content (AvgIpc) is 2.91. The third-order valence-electron chi connectivity index (χ3n) is 8.42. The molecule has 35 heavy (non-hydrogen) atoms. The zero-order valence-corrected chi connectivity index (χ0v) is 23.1. The first-order valence-corrected chi connectivity index (χ1v) is 15.3. The number of rotatable bonds is 17. The third-order valence-corrected chi connectivity index (χ3v) is 8.42. The molecule has 0 amide bonds. The second kappa shape index (κ2) is 16.9. The van der Waals surface area contributed by atoms with Crippen LogP contribution in [0.3, 0.4) is 0 Å². The molecule has 0 spiro atoms. The lowest BCUT2D eigenvalue weighted by Gasteiger charge is -2.28. The van der Waals surface area contributed by atoms with Gasteiger partial charge in [0.2, 0.25) is 0 Å². The first-order chi connectivity index (χ1) is 17.3. The second-order valence-corrected chi connectivity index (χ2v) is 11.4. The number of aryl methyl sites for hydroxylation is 2. The summed E-state index contributed by atoms with van der Waals surface area (Å²) in [5, 5.41) is 0. The fraction of sp³-hybridized carbons (Fsp3) is 0.676. The van der Waals surface area contributed by atoms with Crippen molar-refractivity contribution in [3.63, 3.8) is 0 Å². The predicted molar refractivity (Wildman–Crippen MR) is 154 cm³/mol. The van der Waals surface area contributed by atoms with Crippen LogP contribution in [0.4, 0.5) is 0 Å². The molecule has 1 nitrogen and oxygen atoms in total. The van der Waals surface area contributed by atoms with Gasteiger partial charge < -0.3 is 0 Å². The maximum absolute atomic E-state index is 4.76. The van der Waals surface area contributed by atoms with Crippen LogP contribution < -0.4 is 0 Å². The van der Waals surface area contributed by atoms with Gasteiger partial charge in [-0.05, 0) is 54.7 Å². The molecule has 1 aliphatic rings. The number of unbranched alkanes of at least 4 members (excludes halogenated alkanes) is 9. The van der Waals surface area contributed by atoms with Crippen LogP contribution in [0.15, 0.2) is 42.6 Å². The predicted octanol–water partition coefficient (Wildman–Crippen LogP) is 10.8. The topological polar surface area (TPSA) is 12.9 Å². The average molecular weight is 476 g/mol. The largest absolute Gasteiger partial charge is 0.256 e. The van der Waals surface area contributed by atoms with Gasteiger partial charge >= 0.3 is 0 Å². The summed E-state index contributed by atoms with van der Waals surface area (Å²) < 4.78 is 0. The molecule has 0 saturated heterocycles. The zero-order chi connectivity index (χ0) is 24.6. The lowest BCUT2D eigenvalue weighted by atomic mass is 9.77. The molecule has 194 valence electrons. The molecule has 0 aliphatic heterocycles. The minimum atomic E-state index is 0.951. The minimum absolute atomic E-state index is 0.951. The number of hydrogen-bond acceptors (Lipinski definition) is 1. The zero-order valence-electron chi connectivity index (χ0n) is 23.1. The van der Waals surface area contributed by atoms with E-state index in [9.17, 15) is 0 Å². The Bertz CT molecular complexity index is 767. The summed E-state index contributed by atoms with van der Waals surface area (Å²) in [4.78, 5) is 4.76. The Kier molecular flexibility index (Phi) is 13.5. The summed E-state index contributed by atoms with van der Waals surface area (Å²) >= 11 is 0. The van der Waals surface area contributed by atoms with Crippen LogP contribution in [0.25, 0.3) is 11.3 Å². The van der Waals surface area contributed by atoms with Crippen LogP contribution in [-0.2, 0) is 12.8 Å². The van der Waals surface area contributed by atoms with Crippen LogP contribution in [0.5, 0.6) is 0 Å². The first kappa shape index (κ1) is 27.9. The third kappa shape index (κ3) is 10.9. The van der Waals surface area contributed by atoms with Gasteiger partial charge in [-0.15, -0.1) is 0 Å². The van der Waals surface area contributed by atoms with Crippen molar-refractivity contribution in [1.29, 1.82) is 0 Å². The van der Waals surface area contributed by atoms with Crippen LogP contribution >= 0.6 is 0 Å². The van der Waals surface area contributed by atoms with E-state index < -0.39 is 0 Å². The highest BCUT2D eigenvalue weighted by Gasteiger charge is 2.20. The van der Waals surface area contributed by atoms with E-state index in [1.807, 2.05) is 0 Å². The van der Waals surface area contributed by atoms with Crippen molar-refractivity contribution in [2.24, 2.45) is 11.8 Å². The Morgan fingerprint density at radius 2 is 1.14 bits per heavy atom. The molecule has 0 unspecified atom stereocenters. The minimum Gasteiger partial charge on any atom is -0.256 e. The van der Waals surface area contributed by atoms with E-state index in [4.69, 9.17) is 4.98 Å². The molecule has 0 radical (unpaired) electrons. The molecule has 1 heterocycles. The number of benzene rings is 1. The van der Waals surface area contributed by atoms with Crippen LogP contribution in [-0.4, -0.2) is 4.98 Å². The standard InChI is InChI=1S/C34H53N/c1-3-5-7-9-11-12-14-29-16-18-30(19-17-29)20-21-31-22-25-33(26-23-31)34-27-24-32(28-35-34)15-13-10-8-6-4-2/h22-30H,3-21H2,1-2H3. The summed E-state index contributed by atoms with van der Waals surface area (Å²) in [6, 6.07) is 13.7. The SMILES string of the molecule is CCCCCCCCC1CCC(CCc2ccc(-c3ccc(CCCCCCC)cn3)cc2)CC1. The normalized spacial score (nSPS) is 18.1. The quantitative estimate of drug-likeness (QED) is 0.207. The fourth-order valence-corrected chi connectivity index (χ4v) is 5.91. The summed E-state index contributed by atoms with van der Waals surface area (Å²) in [6.07, 6.45) is 28.6. The van der Waals surface area contributed by atoms with E-state index in [0.29, 0.717) is 0 Å². The van der Waals surface area contributed by atoms with Crippen LogP contribution in [0, 0.1) is 11.8 Å². The fourth-order valence-electron chi connectivity index (χ4n) is 5.91. The summed E-state index contributed by atoms with van der Waals surface area (Å²) in [6.45, 7) is 4.58. The molecule has 1 aromatic carbocycles. The van der Waals surface area contributed by atoms with Gasteiger partial charge in [0, 0.05) is 11.8 Å². The van der Waals surface area contributed by atoms with Gasteiger partial charge in [0.05, 0.1) is 5.69 Å². The Balaban J connectivity index is 1.31. The van der Waals surface area contributed by atoms with Gasteiger partial charge in [-0.2, -0.15) is 0 Å². The number of aromatic nitrogens is 1. The molecule has 0 bridgehead atoms. The molecular weight excluding hydrogens is 422 g/mol. The maximum Gasteiger partial charge on any atom is 0.0702 e. The first-order valence-electron chi connectivity index (χ1n) is 15.3. The lowest BCUT2D eigenvalue weighted by Crippen LogP contribution is -2.15. The van der Waals surface area contributed by atoms with Crippen molar-refractivity contribution in [3.8, 4) is 11.3 Å². The van der Waals surface area contributed by atoms with Crippen molar-refractivity contribution in [3.05, 3.63) is 53.7 Å². The molecule has 1 saturated carbocycles. The van der Waals surface area contributed by atoms with E-state index in [2.05, 4.69) is 56.4 Å². The van der Waals surface area contributed by atoms with Crippen molar-refractivity contribution in [1.82, 2.24) is 4.98 Å². The van der Waals surface area contributed by atoms with Crippen molar-refractivity contribution in [2.45, 2.75) is 136 Å². The van der Waals surface area contributed by atoms with Crippen molar-refractivity contribution in [2.75, 3.05) is 0 Å². The van der Waals surface area contributed by atoms with E-state index in [1.165, 1.54) is 132 Å². The smallest absolute Gasteiger partial charge is 0.0702 e. The Morgan fingerprint density at radius 3 is 1.77 bits per heavy atom. The van der Waals surface area contributed by atoms with Crippen molar-refractivity contribution >= 4 is 0 Å². The van der Waals surface area contributed by atoms with E-state index in [-0.39, 0.29) is 0 Å². The summed E-state index contributed by atoms with van der Waals surface area (Å²) in [5.41, 5.74) is 5.23. The van der Waals surface area contributed by atoms with Crippen LogP contribution in [0.1, 0.15) is 134 Å². The highest BCUT2D eigenvalue weighted by Crippen LogP contribution is 2.34. The monoisotopic (exact) mass is 475 g/mol. The van der Waals surface area contributed by atoms with Gasteiger partial charge in [0.15, 0.2) is 0 Å². The number of pyridine rings is 1. The van der Waals surface area contributed by atoms with Gasteiger partial charge in [-0.25, -0.2) is 0 Å². The molecule has 1 aromatic heterocycles. The van der Waals surface area contributed by atoms with Gasteiger partial charge in [-0.1, -0.05) is 140 Å². The molecule has 0 atom stereocenters. The van der Waals surface area contributed by atoms with Gasteiger partial charge in [-0.3, -0.25) is 4.98 Å². The summed E-state index contributed by atoms with van der Waals surface area (Å²) in [5.74, 6) is 1.98. The lowest BCUT2D eigenvalue weighted by molar-refractivity contribution is 0.248. The molecular formula is C34H53N. The van der Waals surface area contributed by atoms with Gasteiger partial charge in [0.1, 0.15) is 0 Å². The van der Waals surface area contributed by atoms with E-state index in [1.54, 1.807) is 0 Å². The van der Waals surface area contributed by atoms with E-state index in [0.717, 1.165) is 24.0 Å². The number of nitrogens with zero attached hydrogens (tertiary/aromatic N) is 1. The number of hydrogen-bond donors (Lipinski definition) is 0. The highest BCUT2D eigenvalue weighted by atomic mass is 14.7. The Labute approximate surface area is 217 Å². The highest BCUT2D eigenvalue weighted by molar-refractivity contribution is 5.59. The van der Waals surface area contributed by atoms with E-state index >= 15 is 0 Å². The molecule has 3 rings (SSSR count). The van der Waals surface area contributed by atoms with Crippen molar-refractivity contribution < 1.29 is 0 Å². The maximum atomic E-state index is 4.76. The Morgan fingerprint density at radius 1 is 0.571 bits per heavy atom. The molecule has 2 aromatic rings. The molecule has 1 aliphatic carbocycles. The Hall–Kier alpha value is -1.63. The van der Waals surface area contributed by atoms with Gasteiger partial charge in [0.25, 0.3) is 0 Å². The second-order valence-electron chi connectivity index (χ2n) is 11.4. The summed E-state index contributed by atoms with van der Waals surface area (Å²) in [7, 11) is 0. The molecule has 1 fully saturated rings. The molecule has 0 N–H and O–H groups in total. The molecule has 1 heteroatoms.